The van der Waals surface area contributed by atoms with E-state index in [9.17, 15) is 27.6 Å². The number of amides is 3. The molecule has 3 amide bonds. The van der Waals surface area contributed by atoms with Gasteiger partial charge in [0, 0.05) is 19.3 Å². The number of piperidine rings is 1. The third-order valence-electron chi connectivity index (χ3n) is 4.06. The van der Waals surface area contributed by atoms with Gasteiger partial charge >= 0.3 is 12.3 Å². The van der Waals surface area contributed by atoms with Gasteiger partial charge in [-0.25, -0.2) is 4.79 Å². The van der Waals surface area contributed by atoms with E-state index in [0.717, 1.165) is 12.3 Å². The fourth-order valence-corrected chi connectivity index (χ4v) is 2.67. The van der Waals surface area contributed by atoms with Crippen molar-refractivity contribution < 1.29 is 32.3 Å². The predicted octanol–water partition coefficient (Wildman–Crippen LogP) is 2.51. The number of carbonyl (C=O) groups is 3. The molecule has 1 aromatic heterocycles. The van der Waals surface area contributed by atoms with E-state index in [1.165, 1.54) is 4.90 Å². The first-order valence-electron chi connectivity index (χ1n) is 8.98. The molecule has 1 aromatic rings. The quantitative estimate of drug-likeness (QED) is 0.722. The minimum atomic E-state index is -4.61. The fraction of sp³-hybridized carbons (Fsp3) is 0.556. The standard InChI is InChI=1S/C18H23F3N4O4/c1-17(2,3)29-16(28)25-8-4-5-12(10-25)15(27)24-23-14(26)11-6-7-13(22-9-11)18(19,20)21/h6-7,9,12H,4-5,8,10H2,1-3H3,(H,23,26)(H,24,27). The van der Waals surface area contributed by atoms with E-state index >= 15 is 0 Å². The lowest BCUT2D eigenvalue weighted by molar-refractivity contribution is -0.141. The van der Waals surface area contributed by atoms with E-state index < -0.39 is 41.3 Å². The highest BCUT2D eigenvalue weighted by Crippen LogP contribution is 2.27. The summed E-state index contributed by atoms with van der Waals surface area (Å²) in [6.07, 6.45) is -3.24. The number of hydrogen-bond acceptors (Lipinski definition) is 5. The van der Waals surface area contributed by atoms with E-state index in [1.807, 2.05) is 0 Å². The van der Waals surface area contributed by atoms with Crippen LogP contribution in [0.5, 0.6) is 0 Å². The van der Waals surface area contributed by atoms with Crippen LogP contribution in [0.15, 0.2) is 18.3 Å². The molecule has 29 heavy (non-hydrogen) atoms. The van der Waals surface area contributed by atoms with Gasteiger partial charge in [-0.2, -0.15) is 13.2 Å². The highest BCUT2D eigenvalue weighted by molar-refractivity contribution is 5.95. The summed E-state index contributed by atoms with van der Waals surface area (Å²) in [5.74, 6) is -1.87. The third-order valence-corrected chi connectivity index (χ3v) is 4.06. The van der Waals surface area contributed by atoms with Crippen molar-refractivity contribution in [2.24, 2.45) is 5.92 Å². The lowest BCUT2D eigenvalue weighted by Crippen LogP contribution is -2.50. The zero-order chi connectivity index (χ0) is 21.8. The number of aromatic nitrogens is 1. The number of hydrazine groups is 1. The molecule has 0 aromatic carbocycles. The zero-order valence-electron chi connectivity index (χ0n) is 16.3. The van der Waals surface area contributed by atoms with E-state index in [0.29, 0.717) is 25.5 Å². The first-order chi connectivity index (χ1) is 13.4. The van der Waals surface area contributed by atoms with Gasteiger partial charge in [0.2, 0.25) is 5.91 Å². The molecule has 2 rings (SSSR count). The monoisotopic (exact) mass is 416 g/mol. The average Bonchev–Trinajstić information content (AvgIpc) is 2.64. The van der Waals surface area contributed by atoms with Crippen molar-refractivity contribution in [3.63, 3.8) is 0 Å². The summed E-state index contributed by atoms with van der Waals surface area (Å²) in [4.78, 5) is 41.1. The molecule has 8 nitrogen and oxygen atoms in total. The maximum absolute atomic E-state index is 12.5. The van der Waals surface area contributed by atoms with Crippen molar-refractivity contribution >= 4 is 17.9 Å². The Morgan fingerprint density at radius 1 is 1.17 bits per heavy atom. The maximum atomic E-state index is 12.5. The van der Waals surface area contributed by atoms with Crippen molar-refractivity contribution in [1.29, 1.82) is 0 Å². The molecule has 1 saturated heterocycles. The summed E-state index contributed by atoms with van der Waals surface area (Å²) in [6.45, 7) is 5.82. The number of halogens is 3. The second-order valence-corrected chi connectivity index (χ2v) is 7.64. The van der Waals surface area contributed by atoms with Gasteiger partial charge in [0.15, 0.2) is 0 Å². The van der Waals surface area contributed by atoms with Crippen molar-refractivity contribution in [2.75, 3.05) is 13.1 Å². The number of ether oxygens (including phenoxy) is 1. The lowest BCUT2D eigenvalue weighted by atomic mass is 9.98. The van der Waals surface area contributed by atoms with Gasteiger partial charge in [0.25, 0.3) is 5.91 Å². The molecule has 0 saturated carbocycles. The summed E-state index contributed by atoms with van der Waals surface area (Å²) >= 11 is 0. The van der Waals surface area contributed by atoms with Crippen LogP contribution in [-0.4, -0.2) is 46.5 Å². The van der Waals surface area contributed by atoms with E-state index in [2.05, 4.69) is 15.8 Å². The molecule has 1 atom stereocenters. The molecule has 0 aliphatic carbocycles. The Morgan fingerprint density at radius 3 is 2.41 bits per heavy atom. The molecule has 0 radical (unpaired) electrons. The van der Waals surface area contributed by atoms with Gasteiger partial charge in [-0.05, 0) is 45.7 Å². The Balaban J connectivity index is 1.88. The van der Waals surface area contributed by atoms with Crippen molar-refractivity contribution in [1.82, 2.24) is 20.7 Å². The van der Waals surface area contributed by atoms with Crippen LogP contribution in [0, 0.1) is 5.92 Å². The number of likely N-dealkylation sites (tertiary alicyclic amines) is 1. The van der Waals surface area contributed by atoms with Crippen LogP contribution in [0.1, 0.15) is 49.7 Å². The normalized spacial score (nSPS) is 17.4. The van der Waals surface area contributed by atoms with Crippen LogP contribution in [0.4, 0.5) is 18.0 Å². The molecule has 2 heterocycles. The minimum Gasteiger partial charge on any atom is -0.444 e. The second kappa shape index (κ2) is 8.66. The number of hydrogen-bond donors (Lipinski definition) is 2. The van der Waals surface area contributed by atoms with Crippen LogP contribution < -0.4 is 10.9 Å². The minimum absolute atomic E-state index is 0.137. The Hall–Kier alpha value is -2.85. The Morgan fingerprint density at radius 2 is 1.86 bits per heavy atom. The lowest BCUT2D eigenvalue weighted by Gasteiger charge is -2.33. The number of pyridine rings is 1. The highest BCUT2D eigenvalue weighted by Gasteiger charge is 2.33. The predicted molar refractivity (Wildman–Crippen MR) is 95.4 cm³/mol. The van der Waals surface area contributed by atoms with Crippen LogP contribution in [-0.2, 0) is 15.7 Å². The van der Waals surface area contributed by atoms with E-state index in [4.69, 9.17) is 4.74 Å². The van der Waals surface area contributed by atoms with Crippen molar-refractivity contribution in [2.45, 2.75) is 45.4 Å². The fourth-order valence-electron chi connectivity index (χ4n) is 2.67. The molecule has 0 bridgehead atoms. The number of carbonyl (C=O) groups excluding carboxylic acids is 3. The molecule has 2 N–H and O–H groups in total. The molecule has 160 valence electrons. The van der Waals surface area contributed by atoms with Gasteiger partial charge < -0.3 is 9.64 Å². The van der Waals surface area contributed by atoms with E-state index in [1.54, 1.807) is 20.8 Å². The van der Waals surface area contributed by atoms with Gasteiger partial charge in [-0.15, -0.1) is 0 Å². The molecule has 0 spiro atoms. The molecule has 1 aliphatic heterocycles. The molecule has 11 heteroatoms. The first-order valence-corrected chi connectivity index (χ1v) is 8.98. The molecule has 1 aliphatic rings. The maximum Gasteiger partial charge on any atom is 0.433 e. The Labute approximate surface area is 165 Å². The first kappa shape index (κ1) is 22.4. The Kier molecular flexibility index (Phi) is 6.70. The average molecular weight is 416 g/mol. The Bertz CT molecular complexity index is 760. The molecule has 1 fully saturated rings. The second-order valence-electron chi connectivity index (χ2n) is 7.64. The SMILES string of the molecule is CC(C)(C)OC(=O)N1CCCC(C(=O)NNC(=O)c2ccc(C(F)(F)F)nc2)C1. The summed E-state index contributed by atoms with van der Waals surface area (Å²) < 4.78 is 42.8. The zero-order valence-corrected chi connectivity index (χ0v) is 16.3. The number of nitrogens with zero attached hydrogens (tertiary/aromatic N) is 2. The van der Waals surface area contributed by atoms with Crippen molar-refractivity contribution in [3.8, 4) is 0 Å². The highest BCUT2D eigenvalue weighted by atomic mass is 19.4. The number of rotatable bonds is 2. The van der Waals surface area contributed by atoms with Gasteiger partial charge in [-0.1, -0.05) is 0 Å². The molecule has 1 unspecified atom stereocenters. The van der Waals surface area contributed by atoms with Crippen LogP contribution in [0.2, 0.25) is 0 Å². The summed E-state index contributed by atoms with van der Waals surface area (Å²) in [7, 11) is 0. The van der Waals surface area contributed by atoms with Crippen LogP contribution >= 0.6 is 0 Å². The summed E-state index contributed by atoms with van der Waals surface area (Å²) in [5.41, 5.74) is 2.46. The van der Waals surface area contributed by atoms with Gasteiger partial charge in [0.05, 0.1) is 11.5 Å². The topological polar surface area (TPSA) is 101 Å². The van der Waals surface area contributed by atoms with Crippen LogP contribution in [0.25, 0.3) is 0 Å². The number of alkyl halides is 3. The largest absolute Gasteiger partial charge is 0.444 e. The molecular formula is C18H23F3N4O4. The van der Waals surface area contributed by atoms with Gasteiger partial charge in [-0.3, -0.25) is 25.4 Å². The van der Waals surface area contributed by atoms with Crippen molar-refractivity contribution in [3.05, 3.63) is 29.6 Å². The molecular weight excluding hydrogens is 393 g/mol. The summed E-state index contributed by atoms with van der Waals surface area (Å²) in [6, 6.07) is 1.64. The smallest absolute Gasteiger partial charge is 0.433 e. The number of nitrogens with one attached hydrogen (secondary N) is 2. The summed E-state index contributed by atoms with van der Waals surface area (Å²) in [5, 5.41) is 0. The third kappa shape index (κ3) is 6.61. The van der Waals surface area contributed by atoms with E-state index in [-0.39, 0.29) is 12.1 Å². The van der Waals surface area contributed by atoms with Gasteiger partial charge in [0.1, 0.15) is 11.3 Å². The van der Waals surface area contributed by atoms with Crippen LogP contribution in [0.3, 0.4) is 0 Å².